The van der Waals surface area contributed by atoms with Crippen molar-refractivity contribution < 1.29 is 33.4 Å². The first-order valence-electron chi connectivity index (χ1n) is 21.3. The van der Waals surface area contributed by atoms with E-state index in [1.807, 2.05) is 41.5 Å². The topological polar surface area (TPSA) is 123 Å². The summed E-state index contributed by atoms with van der Waals surface area (Å²) in [4.78, 5) is 52.2. The fourth-order valence-electron chi connectivity index (χ4n) is 9.50. The van der Waals surface area contributed by atoms with Crippen LogP contribution >= 0.6 is 0 Å². The molecule has 3 fully saturated rings. The lowest BCUT2D eigenvalue weighted by Crippen LogP contribution is -2.42. The Hall–Kier alpha value is -2.78. The molecule has 0 aliphatic heterocycles. The van der Waals surface area contributed by atoms with Crippen molar-refractivity contribution in [3.8, 4) is 0 Å². The Kier molecular flexibility index (Phi) is 16.8. The maximum absolute atomic E-state index is 13.4. The zero-order valence-electron chi connectivity index (χ0n) is 34.1. The van der Waals surface area contributed by atoms with Crippen LogP contribution in [0.2, 0.25) is 0 Å². The Labute approximate surface area is 320 Å². The number of carbonyl (C=O) groups is 4. The van der Waals surface area contributed by atoms with Crippen molar-refractivity contribution >= 4 is 24.1 Å². The molecule has 3 amide bonds. The molecule has 2 N–H and O–H groups in total. The zero-order chi connectivity index (χ0) is 38.4. The van der Waals surface area contributed by atoms with Crippen molar-refractivity contribution in [1.82, 2.24) is 15.5 Å². The molecule has 0 saturated heterocycles. The number of unbranched alkanes of at least 4 members (excludes halogenated alkanes) is 7. The average Bonchev–Trinajstić information content (AvgIpc) is 3.56. The predicted octanol–water partition coefficient (Wildman–Crippen LogP) is 9.25. The molecule has 4 aliphatic rings. The summed E-state index contributed by atoms with van der Waals surface area (Å²) in [7, 11) is 0. The summed E-state index contributed by atoms with van der Waals surface area (Å²) in [5.74, 6) is 3.96. The number of nitrogens with zero attached hydrogens (tertiary/aromatic N) is 1. The molecule has 53 heavy (non-hydrogen) atoms. The second-order valence-electron chi connectivity index (χ2n) is 18.4. The molecule has 0 aromatic heterocycles. The predicted molar refractivity (Wildman–Crippen MR) is 208 cm³/mol. The monoisotopic (exact) mass is 744 g/mol. The van der Waals surface area contributed by atoms with Gasteiger partial charge in [0.2, 0.25) is 5.91 Å². The fraction of sp³-hybridized carbons (Fsp3) is 0.860. The summed E-state index contributed by atoms with van der Waals surface area (Å²) in [5.41, 5.74) is 0.495. The summed E-state index contributed by atoms with van der Waals surface area (Å²) in [6.07, 6.45) is 21.2. The third kappa shape index (κ3) is 15.1. The summed E-state index contributed by atoms with van der Waals surface area (Å²) >= 11 is 0. The lowest BCUT2D eigenvalue weighted by molar-refractivity contribution is -0.155. The van der Waals surface area contributed by atoms with E-state index in [2.05, 4.69) is 16.7 Å². The van der Waals surface area contributed by atoms with Crippen LogP contribution in [0, 0.1) is 29.6 Å². The van der Waals surface area contributed by atoms with Gasteiger partial charge in [-0.2, -0.15) is 0 Å². The van der Waals surface area contributed by atoms with Crippen molar-refractivity contribution in [2.24, 2.45) is 29.6 Å². The van der Waals surface area contributed by atoms with Gasteiger partial charge in [-0.25, -0.2) is 9.59 Å². The smallest absolute Gasteiger partial charge is 0.407 e. The van der Waals surface area contributed by atoms with Gasteiger partial charge in [0.1, 0.15) is 23.9 Å². The van der Waals surface area contributed by atoms with E-state index < -0.39 is 17.3 Å². The lowest BCUT2D eigenvalue weighted by Gasteiger charge is -2.49. The second kappa shape index (κ2) is 20.8. The van der Waals surface area contributed by atoms with Gasteiger partial charge < -0.3 is 29.7 Å². The minimum atomic E-state index is -0.536. The van der Waals surface area contributed by atoms with Crippen LogP contribution in [0.1, 0.15) is 164 Å². The van der Waals surface area contributed by atoms with Crippen LogP contribution < -0.4 is 10.6 Å². The molecule has 4 aliphatic carbocycles. The lowest BCUT2D eigenvalue weighted by atomic mass is 9.57. The molecule has 10 nitrogen and oxygen atoms in total. The Morgan fingerprint density at radius 1 is 0.698 bits per heavy atom. The van der Waals surface area contributed by atoms with E-state index >= 15 is 0 Å². The Bertz CT molecular complexity index is 1220. The Morgan fingerprint density at radius 3 is 1.98 bits per heavy atom. The van der Waals surface area contributed by atoms with Crippen LogP contribution in [0.3, 0.4) is 0 Å². The highest BCUT2D eigenvalue weighted by Gasteiger charge is 2.47. The summed E-state index contributed by atoms with van der Waals surface area (Å²) in [6, 6.07) is 0. The van der Waals surface area contributed by atoms with Gasteiger partial charge in [0.05, 0.1) is 0 Å². The second-order valence-corrected chi connectivity index (χ2v) is 18.4. The van der Waals surface area contributed by atoms with Crippen LogP contribution in [-0.4, -0.2) is 72.4 Å². The van der Waals surface area contributed by atoms with Crippen LogP contribution in [0.5, 0.6) is 0 Å². The van der Waals surface area contributed by atoms with E-state index in [0.29, 0.717) is 38.4 Å². The molecular formula is C43H73N3O7. The third-order valence-electron chi connectivity index (χ3n) is 11.8. The molecule has 3 saturated carbocycles. The summed E-state index contributed by atoms with van der Waals surface area (Å²) in [6.45, 7) is 12.7. The van der Waals surface area contributed by atoms with Crippen molar-refractivity contribution in [1.29, 1.82) is 0 Å². The first-order chi connectivity index (χ1) is 25.2. The van der Waals surface area contributed by atoms with Gasteiger partial charge in [-0.1, -0.05) is 56.6 Å². The molecule has 10 heteroatoms. The number of allylic oxidation sites excluding steroid dienone is 1. The quantitative estimate of drug-likeness (QED) is 0.0621. The van der Waals surface area contributed by atoms with Crippen LogP contribution in [0.4, 0.5) is 9.59 Å². The third-order valence-corrected chi connectivity index (χ3v) is 11.8. The maximum atomic E-state index is 13.4. The highest BCUT2D eigenvalue weighted by Crippen LogP contribution is 2.56. The van der Waals surface area contributed by atoms with Gasteiger partial charge in [0.15, 0.2) is 0 Å². The van der Waals surface area contributed by atoms with E-state index in [0.717, 1.165) is 94.3 Å². The van der Waals surface area contributed by atoms with E-state index in [-0.39, 0.29) is 30.6 Å². The molecular weight excluding hydrogens is 670 g/mol. The number of carbonyl (C=O) groups excluding carboxylic acids is 4. The normalized spacial score (nSPS) is 25.2. The minimum absolute atomic E-state index is 0.00209. The van der Waals surface area contributed by atoms with E-state index in [1.54, 1.807) is 4.90 Å². The van der Waals surface area contributed by atoms with E-state index in [9.17, 15) is 19.2 Å². The number of rotatable bonds is 18. The highest BCUT2D eigenvalue weighted by atomic mass is 16.6. The average molecular weight is 744 g/mol. The molecule has 0 heterocycles. The largest absolute Gasteiger partial charge is 0.461 e. The number of fused-ring (bicyclic) bond motifs is 5. The fourth-order valence-corrected chi connectivity index (χ4v) is 9.50. The van der Waals surface area contributed by atoms with Gasteiger partial charge in [-0.15, -0.1) is 0 Å². The zero-order valence-corrected chi connectivity index (χ0v) is 34.1. The molecule has 6 unspecified atom stereocenters. The molecule has 0 bridgehead atoms. The summed E-state index contributed by atoms with van der Waals surface area (Å²) in [5, 5.41) is 5.59. The molecule has 0 radical (unpaired) electrons. The standard InChI is InChI=1S/C43H73N3O7/c1-42(2,3)52-40(49)44-26-13-9-7-8-10-15-28-46(38(47)19-12-11-14-27-45-41(50)53-43(4,5)6)30-39(48)51-33-22-25-35-32(29-33)21-24-36-34-18-16-17-31(34)20-23-37(35)36/h21,31,33-37H,7-20,22-30H2,1-6H3,(H,44,49)(H,45,50). The van der Waals surface area contributed by atoms with Crippen molar-refractivity contribution in [2.45, 2.75) is 181 Å². The van der Waals surface area contributed by atoms with E-state index in [1.165, 1.54) is 44.1 Å². The Balaban J connectivity index is 1.18. The molecule has 302 valence electrons. The SMILES string of the molecule is CC(C)(C)OC(=O)NCCCCCCCCN(CC(=O)OC1CCC2C(=CCC3C4CCCC4CCC23)C1)C(=O)CCCCCNC(=O)OC(C)(C)C. The number of ether oxygens (including phenoxy) is 3. The Morgan fingerprint density at radius 2 is 1.32 bits per heavy atom. The van der Waals surface area contributed by atoms with Crippen molar-refractivity contribution in [2.75, 3.05) is 26.2 Å². The molecule has 0 spiro atoms. The van der Waals surface area contributed by atoms with Crippen LogP contribution in [0.15, 0.2) is 11.6 Å². The van der Waals surface area contributed by atoms with Gasteiger partial charge in [0.25, 0.3) is 0 Å². The molecule has 6 atom stereocenters. The number of hydrogen-bond acceptors (Lipinski definition) is 7. The minimum Gasteiger partial charge on any atom is -0.461 e. The molecule has 0 aromatic carbocycles. The van der Waals surface area contributed by atoms with Gasteiger partial charge in [-0.3, -0.25) is 9.59 Å². The number of alkyl carbamates (subject to hydrolysis) is 2. The molecule has 0 aromatic rings. The van der Waals surface area contributed by atoms with Crippen molar-refractivity contribution in [3.05, 3.63) is 11.6 Å². The van der Waals surface area contributed by atoms with Crippen molar-refractivity contribution in [3.63, 3.8) is 0 Å². The van der Waals surface area contributed by atoms with Crippen LogP contribution in [0.25, 0.3) is 0 Å². The van der Waals surface area contributed by atoms with E-state index in [4.69, 9.17) is 14.2 Å². The van der Waals surface area contributed by atoms with Gasteiger partial charge >= 0.3 is 18.2 Å². The van der Waals surface area contributed by atoms with Crippen LogP contribution in [-0.2, 0) is 23.8 Å². The van der Waals surface area contributed by atoms with Gasteiger partial charge in [-0.05, 0) is 135 Å². The number of nitrogens with one attached hydrogen (secondary N) is 2. The number of esters is 1. The first kappa shape index (κ1) is 43.0. The maximum Gasteiger partial charge on any atom is 0.407 e. The number of hydrogen-bond donors (Lipinski definition) is 2. The molecule has 4 rings (SSSR count). The summed E-state index contributed by atoms with van der Waals surface area (Å²) < 4.78 is 16.7. The first-order valence-corrected chi connectivity index (χ1v) is 21.3. The highest BCUT2D eigenvalue weighted by molar-refractivity contribution is 5.82. The number of amides is 3. The van der Waals surface area contributed by atoms with Gasteiger partial charge in [0, 0.05) is 32.5 Å².